The molecule has 7 heavy (non-hydrogen) atoms. The zero-order chi connectivity index (χ0) is 5.54. The van der Waals surface area contributed by atoms with Crippen molar-refractivity contribution in [1.29, 1.82) is 0 Å². The van der Waals surface area contributed by atoms with E-state index < -0.39 is 0 Å². The lowest BCUT2D eigenvalue weighted by atomic mass is 10.8. The second kappa shape index (κ2) is 6.08. The molecule has 0 atom stereocenters. The van der Waals surface area contributed by atoms with Crippen LogP contribution < -0.4 is 0 Å². The molecule has 0 aromatic heterocycles. The fraction of sp³-hybridized carbons (Fsp3) is 0.167. The van der Waals surface area contributed by atoms with Crippen molar-refractivity contribution in [3.05, 3.63) is 22.8 Å². The molecule has 0 heterocycles. The molecule has 0 N–H and O–H groups in total. The van der Waals surface area contributed by atoms with Gasteiger partial charge in [0.25, 0.3) is 0 Å². The van der Waals surface area contributed by atoms with Crippen molar-refractivity contribution in [1.82, 2.24) is 0 Å². The van der Waals surface area contributed by atoms with E-state index >= 15 is 0 Å². The third kappa shape index (κ3) is 6.08. The molecule has 1 heteroatoms. The van der Waals surface area contributed by atoms with E-state index in [1.807, 2.05) is 13.0 Å². The van der Waals surface area contributed by atoms with Gasteiger partial charge in [-0.2, -0.15) is 0 Å². The quantitative estimate of drug-likeness (QED) is 0.611. The van der Waals surface area contributed by atoms with E-state index in [0.29, 0.717) is 0 Å². The first-order valence-electron chi connectivity index (χ1n) is 2.09. The lowest BCUT2D eigenvalue weighted by Crippen LogP contribution is -1.43. The summed E-state index contributed by atoms with van der Waals surface area (Å²) in [5.74, 6) is 0. The van der Waals surface area contributed by atoms with Crippen LogP contribution in [0.25, 0.3) is 0 Å². The van der Waals surface area contributed by atoms with Crippen molar-refractivity contribution < 1.29 is 0 Å². The van der Waals surface area contributed by atoms with Gasteiger partial charge in [-0.15, -0.1) is 0 Å². The minimum Gasteiger partial charge on any atom is -0.0986 e. The van der Waals surface area contributed by atoms with E-state index in [1.165, 1.54) is 0 Å². The molecular formula is C6H9I. The van der Waals surface area contributed by atoms with Gasteiger partial charge in [-0.1, -0.05) is 39.5 Å². The van der Waals surface area contributed by atoms with Crippen LogP contribution in [-0.2, 0) is 0 Å². The molecule has 40 valence electrons. The Bertz CT molecular complexity index is 90.4. The molecule has 0 fully saturated rings. The normalized spacial score (nSPS) is 12.1. The van der Waals surface area contributed by atoms with Gasteiger partial charge in [-0.05, 0) is 15.0 Å². The molecule has 0 bridgehead atoms. The minimum absolute atomic E-state index is 0.201. The Hall–Kier alpha value is 0.0800. The SMILES string of the molecule is C=CC=I/C=C\C. The van der Waals surface area contributed by atoms with E-state index in [9.17, 15) is 0 Å². The van der Waals surface area contributed by atoms with Gasteiger partial charge in [-0.3, -0.25) is 0 Å². The summed E-state index contributed by atoms with van der Waals surface area (Å²) in [5.41, 5.74) is 0. The first-order chi connectivity index (χ1) is 3.41. The molecule has 0 aliphatic heterocycles. The van der Waals surface area contributed by atoms with Crippen LogP contribution in [0.5, 0.6) is 0 Å². The molecular weight excluding hydrogens is 199 g/mol. The predicted octanol–water partition coefficient (Wildman–Crippen LogP) is 2.48. The number of hydrogen-bond donors (Lipinski definition) is 0. The fourth-order valence-corrected chi connectivity index (χ4v) is 1.11. The van der Waals surface area contributed by atoms with Crippen LogP contribution >= 0.6 is 20.7 Å². The summed E-state index contributed by atoms with van der Waals surface area (Å²) in [6, 6.07) is 0. The number of halogens is 1. The lowest BCUT2D eigenvalue weighted by Gasteiger charge is -1.64. The third-order valence-electron chi connectivity index (χ3n) is 0.361. The Morgan fingerprint density at radius 3 is 2.71 bits per heavy atom. The van der Waals surface area contributed by atoms with Crippen molar-refractivity contribution in [3.8, 4) is 0 Å². The van der Waals surface area contributed by atoms with Crippen LogP contribution in [0.1, 0.15) is 6.92 Å². The summed E-state index contributed by atoms with van der Waals surface area (Å²) in [6.07, 6.45) is 3.93. The molecule has 0 aliphatic rings. The standard InChI is InChI=1S/C6H9I/c1-3-5-7-6-4-2/h3-6H,1H2,2H3/b6-4-. The molecule has 0 saturated carbocycles. The monoisotopic (exact) mass is 208 g/mol. The summed E-state index contributed by atoms with van der Waals surface area (Å²) >= 11 is 0.201. The van der Waals surface area contributed by atoms with Crippen molar-refractivity contribution in [2.75, 3.05) is 0 Å². The molecule has 0 saturated heterocycles. The summed E-state index contributed by atoms with van der Waals surface area (Å²) < 4.78 is 4.32. The zero-order valence-corrected chi connectivity index (χ0v) is 6.55. The van der Waals surface area contributed by atoms with E-state index in [2.05, 4.69) is 20.7 Å². The molecule has 0 amide bonds. The van der Waals surface area contributed by atoms with Gasteiger partial charge in [0, 0.05) is 0 Å². The molecule has 0 spiro atoms. The molecule has 0 unspecified atom stereocenters. The summed E-state index contributed by atoms with van der Waals surface area (Å²) in [5, 5.41) is 0. The topological polar surface area (TPSA) is 0 Å². The highest BCUT2D eigenvalue weighted by Crippen LogP contribution is 1.94. The Morgan fingerprint density at radius 2 is 2.29 bits per heavy atom. The van der Waals surface area contributed by atoms with Gasteiger partial charge in [-0.25, -0.2) is 0 Å². The fourth-order valence-electron chi connectivity index (χ4n) is 0.166. The van der Waals surface area contributed by atoms with E-state index in [-0.39, 0.29) is 20.7 Å². The maximum atomic E-state index is 3.57. The van der Waals surface area contributed by atoms with Crippen molar-refractivity contribution in [2.45, 2.75) is 6.92 Å². The predicted molar refractivity (Wildman–Crippen MR) is 45.1 cm³/mol. The van der Waals surface area contributed by atoms with Crippen LogP contribution in [0.15, 0.2) is 22.8 Å². The molecule has 0 aliphatic carbocycles. The summed E-state index contributed by atoms with van der Waals surface area (Å²) in [7, 11) is 0. The largest absolute Gasteiger partial charge is 0.0986 e. The van der Waals surface area contributed by atoms with Gasteiger partial charge in [0.1, 0.15) is 0 Å². The van der Waals surface area contributed by atoms with Gasteiger partial charge < -0.3 is 0 Å². The third-order valence-corrected chi connectivity index (χ3v) is 2.42. The Labute approximate surface area is 54.7 Å². The number of hydrogen-bond acceptors (Lipinski definition) is 0. The highest BCUT2D eigenvalue weighted by Gasteiger charge is 1.53. The van der Waals surface area contributed by atoms with Crippen molar-refractivity contribution in [2.24, 2.45) is 0 Å². The summed E-state index contributed by atoms with van der Waals surface area (Å²) in [4.78, 5) is 0. The van der Waals surface area contributed by atoms with Crippen LogP contribution in [-0.4, -0.2) is 4.01 Å². The van der Waals surface area contributed by atoms with Crippen LogP contribution in [0.2, 0.25) is 0 Å². The highest BCUT2D eigenvalue weighted by molar-refractivity contribution is 14.2. The Balaban J connectivity index is 3.27. The maximum Gasteiger partial charge on any atom is -0.0293 e. The molecule has 0 rings (SSSR count). The number of allylic oxidation sites excluding steroid dienone is 2. The Kier molecular flexibility index (Phi) is 6.15. The average Bonchev–Trinajstić information content (AvgIpc) is 1.69. The molecule has 0 aromatic carbocycles. The van der Waals surface area contributed by atoms with E-state index in [0.717, 1.165) is 0 Å². The van der Waals surface area contributed by atoms with Gasteiger partial charge in [0.2, 0.25) is 0 Å². The van der Waals surface area contributed by atoms with Gasteiger partial charge in [0.15, 0.2) is 0 Å². The average molecular weight is 208 g/mol. The second-order valence-corrected chi connectivity index (χ2v) is 3.10. The molecule has 0 nitrogen and oxygen atoms in total. The van der Waals surface area contributed by atoms with E-state index in [1.54, 1.807) is 0 Å². The van der Waals surface area contributed by atoms with Crippen LogP contribution in [0.3, 0.4) is 0 Å². The highest BCUT2D eigenvalue weighted by atomic mass is 127. The second-order valence-electron chi connectivity index (χ2n) is 0.947. The Morgan fingerprint density at radius 1 is 1.57 bits per heavy atom. The van der Waals surface area contributed by atoms with Crippen LogP contribution in [0.4, 0.5) is 0 Å². The first-order valence-corrected chi connectivity index (χ1v) is 4.58. The molecule has 0 radical (unpaired) electrons. The van der Waals surface area contributed by atoms with E-state index in [4.69, 9.17) is 0 Å². The maximum absolute atomic E-state index is 3.57. The first kappa shape index (κ1) is 7.08. The van der Waals surface area contributed by atoms with Gasteiger partial charge in [0.05, 0.1) is 0 Å². The van der Waals surface area contributed by atoms with Crippen molar-refractivity contribution in [3.63, 3.8) is 0 Å². The van der Waals surface area contributed by atoms with Crippen molar-refractivity contribution >= 4 is 24.7 Å². The van der Waals surface area contributed by atoms with Gasteiger partial charge >= 0.3 is 0 Å². The lowest BCUT2D eigenvalue weighted by molar-refractivity contribution is 1.80. The smallest absolute Gasteiger partial charge is 0.0293 e. The zero-order valence-electron chi connectivity index (χ0n) is 4.39. The summed E-state index contributed by atoms with van der Waals surface area (Å²) in [6.45, 7) is 5.61. The molecule has 0 aromatic rings. The van der Waals surface area contributed by atoms with Crippen LogP contribution in [0, 0.1) is 0 Å². The number of rotatable bonds is 2. The minimum atomic E-state index is 0.201.